The molecule has 1 unspecified atom stereocenters. The van der Waals surface area contributed by atoms with E-state index in [2.05, 4.69) is 11.9 Å². The molecule has 2 rings (SSSR count). The van der Waals surface area contributed by atoms with E-state index in [0.29, 0.717) is 6.04 Å². The van der Waals surface area contributed by atoms with Gasteiger partial charge in [-0.2, -0.15) is 0 Å². The number of benzene rings is 1. The smallest absolute Gasteiger partial charge is 0.119 e. The van der Waals surface area contributed by atoms with Crippen LogP contribution in [0, 0.1) is 0 Å². The lowest BCUT2D eigenvalue weighted by Gasteiger charge is -2.34. The van der Waals surface area contributed by atoms with E-state index in [1.165, 1.54) is 12.8 Å². The summed E-state index contributed by atoms with van der Waals surface area (Å²) in [6.07, 6.45) is 3.41. The minimum Gasteiger partial charge on any atom is -0.491 e. The number of thiocarbonyl (C=S) groups is 1. The SMILES string of the molecule is CN1C(=S)CCCC1COc1ccccc1. The maximum atomic E-state index is 5.76. The summed E-state index contributed by atoms with van der Waals surface area (Å²) in [4.78, 5) is 3.25. The van der Waals surface area contributed by atoms with Crippen LogP contribution >= 0.6 is 12.2 Å². The molecule has 1 heterocycles. The first-order chi connectivity index (χ1) is 7.77. The van der Waals surface area contributed by atoms with Gasteiger partial charge in [0.25, 0.3) is 0 Å². The van der Waals surface area contributed by atoms with Gasteiger partial charge < -0.3 is 9.64 Å². The van der Waals surface area contributed by atoms with E-state index in [4.69, 9.17) is 17.0 Å². The zero-order valence-corrected chi connectivity index (χ0v) is 10.4. The molecular formula is C13H17NOS. The summed E-state index contributed by atoms with van der Waals surface area (Å²) >= 11 is 5.31. The van der Waals surface area contributed by atoms with Crippen molar-refractivity contribution in [2.75, 3.05) is 13.7 Å². The zero-order chi connectivity index (χ0) is 11.4. The molecule has 0 aromatic heterocycles. The molecule has 1 aromatic rings. The predicted molar refractivity (Wildman–Crippen MR) is 69.9 cm³/mol. The summed E-state index contributed by atoms with van der Waals surface area (Å²) in [5, 5.41) is 0. The van der Waals surface area contributed by atoms with E-state index >= 15 is 0 Å². The molecule has 0 N–H and O–H groups in total. The Morgan fingerprint density at radius 3 is 2.88 bits per heavy atom. The number of para-hydroxylation sites is 1. The minimum atomic E-state index is 0.432. The number of nitrogens with zero attached hydrogens (tertiary/aromatic N) is 1. The maximum Gasteiger partial charge on any atom is 0.119 e. The van der Waals surface area contributed by atoms with Gasteiger partial charge in [-0.05, 0) is 31.4 Å². The lowest BCUT2D eigenvalue weighted by molar-refractivity contribution is 0.194. The number of likely N-dealkylation sites (tertiary alicyclic amines) is 1. The Bertz CT molecular complexity index is 352. The average Bonchev–Trinajstić information content (AvgIpc) is 2.32. The van der Waals surface area contributed by atoms with E-state index in [1.54, 1.807) is 0 Å². The Morgan fingerprint density at radius 1 is 1.38 bits per heavy atom. The summed E-state index contributed by atoms with van der Waals surface area (Å²) in [5.74, 6) is 0.937. The fourth-order valence-electron chi connectivity index (χ4n) is 1.97. The topological polar surface area (TPSA) is 12.5 Å². The third kappa shape index (κ3) is 2.73. The molecule has 0 spiro atoms. The van der Waals surface area contributed by atoms with Gasteiger partial charge in [0.15, 0.2) is 0 Å². The van der Waals surface area contributed by atoms with E-state index < -0.39 is 0 Å². The standard InChI is InChI=1S/C13H17NOS/c1-14-11(6-5-9-13(14)16)10-15-12-7-3-2-4-8-12/h2-4,7-8,11H,5-6,9-10H2,1H3. The Kier molecular flexibility index (Phi) is 3.78. The third-order valence-corrected chi connectivity index (χ3v) is 3.55. The maximum absolute atomic E-state index is 5.76. The first kappa shape index (κ1) is 11.4. The van der Waals surface area contributed by atoms with Crippen molar-refractivity contribution >= 4 is 17.2 Å². The van der Waals surface area contributed by atoms with Crippen molar-refractivity contribution in [3.05, 3.63) is 30.3 Å². The molecule has 3 heteroatoms. The van der Waals surface area contributed by atoms with Crippen LogP contribution in [0.5, 0.6) is 5.75 Å². The Labute approximate surface area is 102 Å². The molecule has 0 saturated carbocycles. The van der Waals surface area contributed by atoms with Crippen LogP contribution in [0.3, 0.4) is 0 Å². The number of likely N-dealkylation sites (N-methyl/N-ethyl adjacent to an activating group) is 1. The number of ether oxygens (including phenoxy) is 1. The van der Waals surface area contributed by atoms with Gasteiger partial charge in [-0.25, -0.2) is 0 Å². The number of hydrogen-bond acceptors (Lipinski definition) is 2. The Hall–Kier alpha value is -1.09. The molecular weight excluding hydrogens is 218 g/mol. The Morgan fingerprint density at radius 2 is 2.12 bits per heavy atom. The van der Waals surface area contributed by atoms with Gasteiger partial charge >= 0.3 is 0 Å². The van der Waals surface area contributed by atoms with Crippen molar-refractivity contribution in [3.8, 4) is 5.75 Å². The second-order valence-corrected chi connectivity index (χ2v) is 4.65. The van der Waals surface area contributed by atoms with Crippen molar-refractivity contribution in [3.63, 3.8) is 0 Å². The molecule has 2 nitrogen and oxygen atoms in total. The molecule has 0 amide bonds. The molecule has 86 valence electrons. The fraction of sp³-hybridized carbons (Fsp3) is 0.462. The lowest BCUT2D eigenvalue weighted by Crippen LogP contribution is -2.43. The highest BCUT2D eigenvalue weighted by atomic mass is 32.1. The Balaban J connectivity index is 1.88. The fourth-order valence-corrected chi connectivity index (χ4v) is 2.26. The van der Waals surface area contributed by atoms with Gasteiger partial charge in [0.05, 0.1) is 11.0 Å². The van der Waals surface area contributed by atoms with Crippen molar-refractivity contribution in [1.82, 2.24) is 4.90 Å². The molecule has 1 saturated heterocycles. The monoisotopic (exact) mass is 235 g/mol. The first-order valence-corrected chi connectivity index (χ1v) is 6.11. The van der Waals surface area contributed by atoms with Crippen molar-refractivity contribution in [2.45, 2.75) is 25.3 Å². The van der Waals surface area contributed by atoms with Crippen LogP contribution < -0.4 is 4.74 Å². The van der Waals surface area contributed by atoms with Gasteiger partial charge in [0.1, 0.15) is 12.4 Å². The summed E-state index contributed by atoms with van der Waals surface area (Å²) in [5.41, 5.74) is 0. The number of hydrogen-bond donors (Lipinski definition) is 0. The van der Waals surface area contributed by atoms with Gasteiger partial charge in [0, 0.05) is 7.05 Å². The normalized spacial score (nSPS) is 20.9. The van der Waals surface area contributed by atoms with Crippen LogP contribution in [-0.4, -0.2) is 29.6 Å². The highest BCUT2D eigenvalue weighted by Crippen LogP contribution is 2.19. The average molecular weight is 235 g/mol. The number of rotatable bonds is 3. The second kappa shape index (κ2) is 5.30. The van der Waals surface area contributed by atoms with Crippen LogP contribution in [0.1, 0.15) is 19.3 Å². The van der Waals surface area contributed by atoms with Crippen LogP contribution in [0.2, 0.25) is 0 Å². The van der Waals surface area contributed by atoms with Gasteiger partial charge in [-0.1, -0.05) is 30.4 Å². The van der Waals surface area contributed by atoms with Gasteiger partial charge in [-0.15, -0.1) is 0 Å². The van der Waals surface area contributed by atoms with Crippen molar-refractivity contribution in [2.24, 2.45) is 0 Å². The molecule has 0 radical (unpaired) electrons. The summed E-state index contributed by atoms with van der Waals surface area (Å²) < 4.78 is 5.76. The van der Waals surface area contributed by atoms with E-state index in [9.17, 15) is 0 Å². The molecule has 1 aromatic carbocycles. The summed E-state index contributed by atoms with van der Waals surface area (Å²) in [6, 6.07) is 10.4. The van der Waals surface area contributed by atoms with E-state index in [-0.39, 0.29) is 0 Å². The molecule has 16 heavy (non-hydrogen) atoms. The summed E-state index contributed by atoms with van der Waals surface area (Å²) in [6.45, 7) is 0.723. The largest absolute Gasteiger partial charge is 0.491 e. The minimum absolute atomic E-state index is 0.432. The van der Waals surface area contributed by atoms with Crippen LogP contribution in [-0.2, 0) is 0 Å². The lowest BCUT2D eigenvalue weighted by atomic mass is 10.0. The third-order valence-electron chi connectivity index (χ3n) is 3.05. The van der Waals surface area contributed by atoms with Crippen LogP contribution in [0.15, 0.2) is 30.3 Å². The van der Waals surface area contributed by atoms with Crippen molar-refractivity contribution < 1.29 is 4.74 Å². The molecule has 0 bridgehead atoms. The quantitative estimate of drug-likeness (QED) is 0.748. The predicted octanol–water partition coefficient (Wildman–Crippen LogP) is 2.88. The second-order valence-electron chi connectivity index (χ2n) is 4.17. The first-order valence-electron chi connectivity index (χ1n) is 5.71. The zero-order valence-electron chi connectivity index (χ0n) is 9.56. The summed E-state index contributed by atoms with van der Waals surface area (Å²) in [7, 11) is 2.07. The van der Waals surface area contributed by atoms with Crippen LogP contribution in [0.4, 0.5) is 0 Å². The van der Waals surface area contributed by atoms with Crippen molar-refractivity contribution in [1.29, 1.82) is 0 Å². The van der Waals surface area contributed by atoms with E-state index in [0.717, 1.165) is 23.8 Å². The highest BCUT2D eigenvalue weighted by molar-refractivity contribution is 7.80. The molecule has 1 fully saturated rings. The molecule has 0 aliphatic carbocycles. The highest BCUT2D eigenvalue weighted by Gasteiger charge is 2.22. The number of piperidine rings is 1. The van der Waals surface area contributed by atoms with E-state index in [1.807, 2.05) is 30.3 Å². The van der Waals surface area contributed by atoms with Crippen LogP contribution in [0.25, 0.3) is 0 Å². The molecule has 1 aliphatic rings. The molecule has 1 atom stereocenters. The molecule has 1 aliphatic heterocycles. The van der Waals surface area contributed by atoms with Gasteiger partial charge in [-0.3, -0.25) is 0 Å². The van der Waals surface area contributed by atoms with Gasteiger partial charge in [0.2, 0.25) is 0 Å².